The average Bonchev–Trinajstić information content (AvgIpc) is 1.84. The minimum Gasteiger partial charge on any atom is -0.259 e. The third-order valence-corrected chi connectivity index (χ3v) is 3.09. The molecule has 1 rings (SSSR count). The Hall–Kier alpha value is -0.290. The summed E-state index contributed by atoms with van der Waals surface area (Å²) in [7, 11) is -0.744. The van der Waals surface area contributed by atoms with E-state index in [2.05, 4.69) is 11.8 Å². The van der Waals surface area contributed by atoms with Crippen LogP contribution in [0, 0.1) is 11.8 Å². The Balaban J connectivity index is 2.54. The van der Waals surface area contributed by atoms with Gasteiger partial charge in [0.1, 0.15) is 0 Å². The Morgan fingerprint density at radius 1 is 1.36 bits per heavy atom. The van der Waals surface area contributed by atoms with E-state index in [9.17, 15) is 4.21 Å². The van der Waals surface area contributed by atoms with Gasteiger partial charge in [-0.15, -0.1) is 5.92 Å². The zero-order valence-electron chi connectivity index (χ0n) is 6.93. The van der Waals surface area contributed by atoms with E-state index in [1.165, 1.54) is 19.3 Å². The van der Waals surface area contributed by atoms with Crippen LogP contribution < -0.4 is 0 Å². The fourth-order valence-corrected chi connectivity index (χ4v) is 1.97. The summed E-state index contributed by atoms with van der Waals surface area (Å²) >= 11 is 0. The second kappa shape index (κ2) is 4.56. The fourth-order valence-electron chi connectivity index (χ4n) is 1.23. The maximum atomic E-state index is 11.1. The highest BCUT2D eigenvalue weighted by Crippen LogP contribution is 2.11. The maximum absolute atomic E-state index is 11.1. The van der Waals surface area contributed by atoms with Gasteiger partial charge in [-0.1, -0.05) is 18.8 Å². The first-order chi connectivity index (χ1) is 5.30. The molecule has 0 aromatic heterocycles. The predicted octanol–water partition coefficient (Wildman–Crippen LogP) is 1.70. The van der Waals surface area contributed by atoms with Crippen LogP contribution >= 0.6 is 0 Å². The van der Waals surface area contributed by atoms with Crippen molar-refractivity contribution >= 4 is 10.8 Å². The summed E-state index contributed by atoms with van der Waals surface area (Å²) in [6, 6.07) is 0. The van der Waals surface area contributed by atoms with Crippen LogP contribution in [0.4, 0.5) is 0 Å². The van der Waals surface area contributed by atoms with Crippen LogP contribution in [0.1, 0.15) is 32.1 Å². The molecule has 62 valence electrons. The molecule has 0 radical (unpaired) electrons. The molecule has 0 heterocycles. The molecule has 2 atom stereocenters. The van der Waals surface area contributed by atoms with Crippen LogP contribution in [0.15, 0.2) is 0 Å². The first-order valence-corrected chi connectivity index (χ1v) is 5.73. The molecule has 2 unspecified atom stereocenters. The molecule has 0 saturated heterocycles. The Labute approximate surface area is 71.0 Å². The van der Waals surface area contributed by atoms with Gasteiger partial charge in [0, 0.05) is 23.5 Å². The number of hydrogen-bond donors (Lipinski definition) is 0. The van der Waals surface area contributed by atoms with Gasteiger partial charge in [-0.3, -0.25) is 4.21 Å². The van der Waals surface area contributed by atoms with Gasteiger partial charge in [-0.25, -0.2) is 0 Å². The van der Waals surface area contributed by atoms with E-state index in [-0.39, 0.29) is 5.25 Å². The Morgan fingerprint density at radius 3 is 2.91 bits per heavy atom. The molecule has 0 bridgehead atoms. The zero-order valence-corrected chi connectivity index (χ0v) is 7.75. The average molecular weight is 170 g/mol. The Kier molecular flexibility index (Phi) is 3.65. The monoisotopic (exact) mass is 170 g/mol. The lowest BCUT2D eigenvalue weighted by Crippen LogP contribution is -2.12. The fraction of sp³-hybridized carbons (Fsp3) is 0.778. The summed E-state index contributed by atoms with van der Waals surface area (Å²) in [6.45, 7) is 0. The summed E-state index contributed by atoms with van der Waals surface area (Å²) in [5.41, 5.74) is 0. The van der Waals surface area contributed by atoms with Crippen molar-refractivity contribution in [1.29, 1.82) is 0 Å². The summed E-state index contributed by atoms with van der Waals surface area (Å²) in [5, 5.41) is 0.148. The molecule has 0 N–H and O–H groups in total. The van der Waals surface area contributed by atoms with Gasteiger partial charge in [-0.05, 0) is 12.8 Å². The third kappa shape index (κ3) is 3.07. The van der Waals surface area contributed by atoms with E-state index in [1.54, 1.807) is 6.26 Å². The van der Waals surface area contributed by atoms with Crippen LogP contribution in [0.2, 0.25) is 0 Å². The van der Waals surface area contributed by atoms with Gasteiger partial charge in [-0.2, -0.15) is 0 Å². The highest BCUT2D eigenvalue weighted by atomic mass is 32.2. The quantitative estimate of drug-likeness (QED) is 0.547. The van der Waals surface area contributed by atoms with E-state index in [1.807, 2.05) is 0 Å². The van der Waals surface area contributed by atoms with Crippen molar-refractivity contribution in [3.8, 4) is 11.8 Å². The molecule has 1 aliphatic carbocycles. The molecule has 0 aliphatic heterocycles. The molecular weight excluding hydrogens is 156 g/mol. The molecule has 0 amide bonds. The van der Waals surface area contributed by atoms with Crippen LogP contribution in [-0.4, -0.2) is 15.7 Å². The van der Waals surface area contributed by atoms with Crippen molar-refractivity contribution in [3.63, 3.8) is 0 Å². The molecule has 0 aromatic carbocycles. The molecule has 0 aromatic rings. The van der Waals surface area contributed by atoms with Crippen LogP contribution in [0.25, 0.3) is 0 Å². The van der Waals surface area contributed by atoms with Crippen molar-refractivity contribution in [2.45, 2.75) is 37.4 Å². The lowest BCUT2D eigenvalue weighted by molar-refractivity contribution is 0.639. The van der Waals surface area contributed by atoms with E-state index in [4.69, 9.17) is 0 Å². The normalized spacial score (nSPS) is 27.5. The maximum Gasteiger partial charge on any atom is 0.0952 e. The second-order valence-corrected chi connectivity index (χ2v) is 4.47. The highest BCUT2D eigenvalue weighted by Gasteiger charge is 2.09. The Morgan fingerprint density at radius 2 is 2.18 bits per heavy atom. The van der Waals surface area contributed by atoms with Crippen LogP contribution in [0.5, 0.6) is 0 Å². The first-order valence-electron chi connectivity index (χ1n) is 4.11. The molecule has 1 aliphatic rings. The summed E-state index contributed by atoms with van der Waals surface area (Å²) in [5.74, 6) is 6.15. The third-order valence-electron chi connectivity index (χ3n) is 1.93. The topological polar surface area (TPSA) is 17.1 Å². The molecule has 2 heteroatoms. The van der Waals surface area contributed by atoms with Gasteiger partial charge < -0.3 is 0 Å². The first kappa shape index (κ1) is 8.80. The van der Waals surface area contributed by atoms with Crippen LogP contribution in [0.3, 0.4) is 0 Å². The SMILES string of the molecule is CS(=O)C1C#CCCCCC1. The molecule has 0 spiro atoms. The van der Waals surface area contributed by atoms with Crippen molar-refractivity contribution in [3.05, 3.63) is 0 Å². The highest BCUT2D eigenvalue weighted by molar-refractivity contribution is 7.85. The number of rotatable bonds is 1. The van der Waals surface area contributed by atoms with Gasteiger partial charge >= 0.3 is 0 Å². The lowest BCUT2D eigenvalue weighted by Gasteiger charge is -2.08. The molecule has 0 fully saturated rings. The summed E-state index contributed by atoms with van der Waals surface area (Å²) in [6.07, 6.45) is 7.43. The van der Waals surface area contributed by atoms with Gasteiger partial charge in [0.25, 0.3) is 0 Å². The molecule has 0 saturated carbocycles. The van der Waals surface area contributed by atoms with E-state index in [0.29, 0.717) is 0 Å². The van der Waals surface area contributed by atoms with Crippen molar-refractivity contribution < 1.29 is 4.21 Å². The molecular formula is C9H14OS. The van der Waals surface area contributed by atoms with E-state index < -0.39 is 10.8 Å². The number of hydrogen-bond acceptors (Lipinski definition) is 1. The van der Waals surface area contributed by atoms with E-state index in [0.717, 1.165) is 12.8 Å². The summed E-state index contributed by atoms with van der Waals surface area (Å²) < 4.78 is 11.1. The predicted molar refractivity (Wildman–Crippen MR) is 48.7 cm³/mol. The van der Waals surface area contributed by atoms with Crippen molar-refractivity contribution in [1.82, 2.24) is 0 Å². The van der Waals surface area contributed by atoms with Crippen molar-refractivity contribution in [2.24, 2.45) is 0 Å². The van der Waals surface area contributed by atoms with Crippen LogP contribution in [-0.2, 0) is 10.8 Å². The van der Waals surface area contributed by atoms with Gasteiger partial charge in [0.05, 0.1) is 5.25 Å². The second-order valence-electron chi connectivity index (χ2n) is 2.91. The smallest absolute Gasteiger partial charge is 0.0952 e. The minimum absolute atomic E-state index is 0.148. The lowest BCUT2D eigenvalue weighted by atomic mass is 10.1. The minimum atomic E-state index is -0.744. The standard InChI is InChI=1S/C9H14OS/c1-11(10)9-7-5-3-2-4-6-8-9/h9H,2-5,7H2,1H3. The van der Waals surface area contributed by atoms with E-state index >= 15 is 0 Å². The van der Waals surface area contributed by atoms with Gasteiger partial charge in [0.15, 0.2) is 0 Å². The molecule has 1 nitrogen and oxygen atoms in total. The molecule has 11 heavy (non-hydrogen) atoms. The van der Waals surface area contributed by atoms with Crippen molar-refractivity contribution in [2.75, 3.05) is 6.26 Å². The zero-order chi connectivity index (χ0) is 8.10. The summed E-state index contributed by atoms with van der Waals surface area (Å²) in [4.78, 5) is 0. The Bertz CT molecular complexity index is 199. The largest absolute Gasteiger partial charge is 0.259 e. The van der Waals surface area contributed by atoms with Gasteiger partial charge in [0.2, 0.25) is 0 Å².